The van der Waals surface area contributed by atoms with Crippen molar-refractivity contribution in [3.63, 3.8) is 0 Å². The van der Waals surface area contributed by atoms with E-state index in [-0.39, 0.29) is 11.4 Å². The van der Waals surface area contributed by atoms with Crippen LogP contribution in [0.3, 0.4) is 0 Å². The first-order valence-corrected chi connectivity index (χ1v) is 8.65. The van der Waals surface area contributed by atoms with Gasteiger partial charge < -0.3 is 9.47 Å². The predicted octanol–water partition coefficient (Wildman–Crippen LogP) is 2.06. The molecule has 0 N–H and O–H groups in total. The Labute approximate surface area is 107 Å². The molecular formula is C11H19ClO4S. The third-order valence-electron chi connectivity index (χ3n) is 3.49. The maximum absolute atomic E-state index is 11.1. The highest BCUT2D eigenvalue weighted by Gasteiger charge is 2.39. The van der Waals surface area contributed by atoms with Crippen molar-refractivity contribution in [1.82, 2.24) is 0 Å². The van der Waals surface area contributed by atoms with Crippen LogP contribution in [0.5, 0.6) is 0 Å². The Kier molecular flexibility index (Phi) is 4.34. The van der Waals surface area contributed by atoms with Gasteiger partial charge in [0.05, 0.1) is 30.7 Å². The lowest BCUT2D eigenvalue weighted by molar-refractivity contribution is -0.196. The summed E-state index contributed by atoms with van der Waals surface area (Å²) in [6.45, 7) is 0.916. The van der Waals surface area contributed by atoms with Crippen LogP contribution >= 0.6 is 10.7 Å². The highest BCUT2D eigenvalue weighted by Crippen LogP contribution is 2.34. The Bertz CT molecular complexity index is 346. The van der Waals surface area contributed by atoms with E-state index in [1.54, 1.807) is 0 Å². The van der Waals surface area contributed by atoms with Gasteiger partial charge in [0.15, 0.2) is 0 Å². The molecule has 6 heteroatoms. The van der Waals surface area contributed by atoms with Crippen molar-refractivity contribution >= 4 is 19.7 Å². The third kappa shape index (κ3) is 4.09. The van der Waals surface area contributed by atoms with Gasteiger partial charge in [0, 0.05) is 10.7 Å². The van der Waals surface area contributed by atoms with Crippen LogP contribution in [-0.2, 0) is 18.5 Å². The Morgan fingerprint density at radius 2 is 1.82 bits per heavy atom. The molecule has 1 atom stereocenters. The lowest BCUT2D eigenvalue weighted by Gasteiger charge is -2.40. The first-order valence-electron chi connectivity index (χ1n) is 6.17. The molecule has 0 aromatic rings. The molecule has 1 aliphatic heterocycles. The Morgan fingerprint density at radius 3 is 2.41 bits per heavy atom. The highest BCUT2D eigenvalue weighted by molar-refractivity contribution is 8.13. The smallest absolute Gasteiger partial charge is 0.235 e. The van der Waals surface area contributed by atoms with Gasteiger partial charge in [0.2, 0.25) is 9.05 Å². The molecule has 1 saturated heterocycles. The van der Waals surface area contributed by atoms with E-state index in [1.807, 2.05) is 0 Å². The van der Waals surface area contributed by atoms with Crippen molar-refractivity contribution in [3.05, 3.63) is 0 Å². The van der Waals surface area contributed by atoms with Crippen LogP contribution in [0.2, 0.25) is 0 Å². The van der Waals surface area contributed by atoms with E-state index < -0.39 is 15.2 Å². The first-order chi connectivity index (χ1) is 7.99. The van der Waals surface area contributed by atoms with Gasteiger partial charge in [-0.05, 0) is 12.8 Å². The fourth-order valence-electron chi connectivity index (χ4n) is 2.74. The number of hydrogen-bond acceptors (Lipinski definition) is 4. The predicted molar refractivity (Wildman–Crippen MR) is 65.8 cm³/mol. The standard InChI is InChI=1S/C11H19ClO4S/c12-17(13,14)8-10-7-15-9-11(16-10)5-3-1-2-4-6-11/h10H,1-9H2. The lowest BCUT2D eigenvalue weighted by Crippen LogP contribution is -2.49. The van der Waals surface area contributed by atoms with Crippen molar-refractivity contribution in [3.8, 4) is 0 Å². The minimum Gasteiger partial charge on any atom is -0.376 e. The molecule has 1 spiro atoms. The van der Waals surface area contributed by atoms with Crippen LogP contribution in [0.15, 0.2) is 0 Å². The fraction of sp³-hybridized carbons (Fsp3) is 1.00. The van der Waals surface area contributed by atoms with E-state index in [0.29, 0.717) is 13.2 Å². The second-order valence-electron chi connectivity index (χ2n) is 5.06. The topological polar surface area (TPSA) is 52.6 Å². The highest BCUT2D eigenvalue weighted by atomic mass is 35.7. The molecule has 2 aliphatic rings. The minimum atomic E-state index is -3.52. The summed E-state index contributed by atoms with van der Waals surface area (Å²) in [5.74, 6) is -0.156. The van der Waals surface area contributed by atoms with Gasteiger partial charge in [-0.15, -0.1) is 0 Å². The summed E-state index contributed by atoms with van der Waals surface area (Å²) in [6.07, 6.45) is 6.22. The van der Waals surface area contributed by atoms with Gasteiger partial charge in [-0.25, -0.2) is 8.42 Å². The second kappa shape index (κ2) is 5.43. The average Bonchev–Trinajstić information content (AvgIpc) is 2.41. The van der Waals surface area contributed by atoms with Gasteiger partial charge in [0.1, 0.15) is 0 Å². The maximum Gasteiger partial charge on any atom is 0.235 e. The van der Waals surface area contributed by atoms with E-state index in [9.17, 15) is 8.42 Å². The molecule has 0 aromatic heterocycles. The number of ether oxygens (including phenoxy) is 2. The largest absolute Gasteiger partial charge is 0.376 e. The SMILES string of the molecule is O=S(=O)(Cl)CC1COCC2(CCCCCC2)O1. The second-order valence-corrected chi connectivity index (χ2v) is 7.88. The molecule has 4 nitrogen and oxygen atoms in total. The quantitative estimate of drug-likeness (QED) is 0.728. The minimum absolute atomic E-state index is 0.156. The summed E-state index contributed by atoms with van der Waals surface area (Å²) in [7, 11) is 1.74. The molecule has 1 unspecified atom stereocenters. The Morgan fingerprint density at radius 1 is 1.18 bits per heavy atom. The molecule has 0 amide bonds. The van der Waals surface area contributed by atoms with Gasteiger partial charge >= 0.3 is 0 Å². The summed E-state index contributed by atoms with van der Waals surface area (Å²) in [5, 5.41) is 0. The zero-order chi connectivity index (χ0) is 12.4. The van der Waals surface area contributed by atoms with Crippen molar-refractivity contribution in [2.75, 3.05) is 19.0 Å². The van der Waals surface area contributed by atoms with Crippen molar-refractivity contribution in [1.29, 1.82) is 0 Å². The summed E-state index contributed by atoms with van der Waals surface area (Å²) in [6, 6.07) is 0. The zero-order valence-corrected chi connectivity index (χ0v) is 11.4. The number of hydrogen-bond donors (Lipinski definition) is 0. The molecule has 2 fully saturated rings. The molecular weight excluding hydrogens is 264 g/mol. The van der Waals surface area contributed by atoms with E-state index in [4.69, 9.17) is 20.2 Å². The molecule has 0 bridgehead atoms. The molecule has 1 aliphatic carbocycles. The van der Waals surface area contributed by atoms with Gasteiger partial charge in [-0.3, -0.25) is 0 Å². The van der Waals surface area contributed by atoms with Crippen LogP contribution in [-0.4, -0.2) is 39.1 Å². The van der Waals surface area contributed by atoms with Crippen LogP contribution in [0.25, 0.3) is 0 Å². The van der Waals surface area contributed by atoms with Crippen molar-refractivity contribution in [2.45, 2.75) is 50.2 Å². The molecule has 0 radical (unpaired) electrons. The van der Waals surface area contributed by atoms with E-state index in [0.717, 1.165) is 25.7 Å². The number of rotatable bonds is 2. The molecule has 100 valence electrons. The van der Waals surface area contributed by atoms with E-state index in [2.05, 4.69) is 0 Å². The normalized spacial score (nSPS) is 30.1. The zero-order valence-electron chi connectivity index (χ0n) is 9.86. The molecule has 17 heavy (non-hydrogen) atoms. The fourth-order valence-corrected chi connectivity index (χ4v) is 3.77. The maximum atomic E-state index is 11.1. The van der Waals surface area contributed by atoms with Crippen molar-refractivity contribution in [2.24, 2.45) is 0 Å². The Balaban J connectivity index is 1.99. The molecule has 2 rings (SSSR count). The van der Waals surface area contributed by atoms with Gasteiger partial charge in [0.25, 0.3) is 0 Å². The molecule has 1 saturated carbocycles. The van der Waals surface area contributed by atoms with Crippen LogP contribution in [0.1, 0.15) is 38.5 Å². The molecule has 0 aromatic carbocycles. The summed E-state index contributed by atoms with van der Waals surface area (Å²) >= 11 is 0. The summed E-state index contributed by atoms with van der Waals surface area (Å²) in [4.78, 5) is 0. The summed E-state index contributed by atoms with van der Waals surface area (Å²) in [5.41, 5.74) is -0.263. The van der Waals surface area contributed by atoms with Gasteiger partial charge in [-0.1, -0.05) is 25.7 Å². The van der Waals surface area contributed by atoms with E-state index in [1.165, 1.54) is 12.8 Å². The Hall–Kier alpha value is 0.160. The molecule has 1 heterocycles. The van der Waals surface area contributed by atoms with E-state index >= 15 is 0 Å². The average molecular weight is 283 g/mol. The summed E-state index contributed by atoms with van der Waals surface area (Å²) < 4.78 is 33.6. The monoisotopic (exact) mass is 282 g/mol. The third-order valence-corrected chi connectivity index (χ3v) is 4.63. The van der Waals surface area contributed by atoms with Gasteiger partial charge in [-0.2, -0.15) is 0 Å². The first kappa shape index (κ1) is 13.6. The van der Waals surface area contributed by atoms with Crippen LogP contribution in [0, 0.1) is 0 Å². The lowest BCUT2D eigenvalue weighted by atomic mass is 9.94. The number of halogens is 1. The van der Waals surface area contributed by atoms with Crippen LogP contribution in [0.4, 0.5) is 0 Å². The van der Waals surface area contributed by atoms with Crippen molar-refractivity contribution < 1.29 is 17.9 Å². The van der Waals surface area contributed by atoms with Crippen LogP contribution < -0.4 is 0 Å².